The molecule has 2 aromatic heterocycles. The van der Waals surface area contributed by atoms with Crippen molar-refractivity contribution < 1.29 is 4.40 Å². The van der Waals surface area contributed by atoms with E-state index in [0.717, 1.165) is 52.9 Å². The number of allylic oxidation sites excluding steroid dienone is 1. The van der Waals surface area contributed by atoms with Gasteiger partial charge >= 0.3 is 0 Å². The van der Waals surface area contributed by atoms with Crippen molar-refractivity contribution in [2.75, 3.05) is 18.0 Å². The average molecular weight is 331 g/mol. The van der Waals surface area contributed by atoms with Crippen molar-refractivity contribution in [3.05, 3.63) is 53.1 Å². The summed E-state index contributed by atoms with van der Waals surface area (Å²) >= 11 is 0. The number of benzene rings is 1. The summed E-state index contributed by atoms with van der Waals surface area (Å²) in [5.41, 5.74) is 7.23. The van der Waals surface area contributed by atoms with Gasteiger partial charge in [-0.05, 0) is 50.8 Å². The number of nitrogens with zero attached hydrogens (tertiary/aromatic N) is 3. The van der Waals surface area contributed by atoms with Gasteiger partial charge < -0.3 is 0 Å². The fraction of sp³-hybridized carbons (Fsp3) is 0.333. The lowest BCUT2D eigenvalue weighted by Gasteiger charge is -2.20. The molecule has 0 unspecified atom stereocenters. The summed E-state index contributed by atoms with van der Waals surface area (Å²) in [6.07, 6.45) is 3.24. The highest BCUT2D eigenvalue weighted by Gasteiger charge is 2.30. The van der Waals surface area contributed by atoms with E-state index in [1.54, 1.807) is 0 Å². The Bertz CT molecular complexity index is 1030. The molecule has 0 bridgehead atoms. The monoisotopic (exact) mass is 331 g/mol. The van der Waals surface area contributed by atoms with E-state index >= 15 is 0 Å². The van der Waals surface area contributed by atoms with Crippen molar-refractivity contribution >= 4 is 22.5 Å². The predicted octanol–water partition coefficient (Wildman–Crippen LogP) is 3.81. The first-order valence-corrected chi connectivity index (χ1v) is 8.89. The van der Waals surface area contributed by atoms with Gasteiger partial charge in [0.25, 0.3) is 0 Å². The number of pyridine rings is 1. The summed E-state index contributed by atoms with van der Waals surface area (Å²) in [7, 11) is 0. The number of nitrogens with one attached hydrogen (secondary N) is 1. The Morgan fingerprint density at radius 1 is 1.32 bits per heavy atom. The molecule has 0 aliphatic carbocycles. The van der Waals surface area contributed by atoms with Gasteiger partial charge in [0.15, 0.2) is 0 Å². The van der Waals surface area contributed by atoms with E-state index in [0.29, 0.717) is 0 Å². The molecule has 1 aliphatic rings. The van der Waals surface area contributed by atoms with E-state index in [-0.39, 0.29) is 0 Å². The van der Waals surface area contributed by atoms with Gasteiger partial charge in [0.2, 0.25) is 11.5 Å². The van der Waals surface area contributed by atoms with Crippen molar-refractivity contribution in [2.24, 2.45) is 0 Å². The molecule has 0 saturated carbocycles. The number of hydrogen-bond donors (Lipinski definition) is 1. The van der Waals surface area contributed by atoms with Crippen LogP contribution in [0.25, 0.3) is 16.7 Å². The summed E-state index contributed by atoms with van der Waals surface area (Å²) in [6.45, 7) is 10.4. The largest absolute Gasteiger partial charge is 0.292 e. The second kappa shape index (κ2) is 5.93. The lowest BCUT2D eigenvalue weighted by atomic mass is 9.98. The number of nitriles is 1. The SMILES string of the molecule is C=C(C)Cc1c(C)c(C#N)c2[nH]c3ccccc3[n+]2c1N1CCCC1. The zero-order chi connectivity index (χ0) is 17.6. The summed E-state index contributed by atoms with van der Waals surface area (Å²) in [5.74, 6) is 1.23. The number of H-pyrrole nitrogens is 1. The lowest BCUT2D eigenvalue weighted by molar-refractivity contribution is -0.467. The van der Waals surface area contributed by atoms with Gasteiger partial charge in [-0.15, -0.1) is 0 Å². The van der Waals surface area contributed by atoms with Crippen LogP contribution >= 0.6 is 0 Å². The van der Waals surface area contributed by atoms with Crippen molar-refractivity contribution in [1.82, 2.24) is 4.98 Å². The van der Waals surface area contributed by atoms with Gasteiger partial charge in [-0.1, -0.05) is 24.3 Å². The molecule has 4 heteroatoms. The minimum absolute atomic E-state index is 0.732. The van der Waals surface area contributed by atoms with Crippen LogP contribution in [-0.2, 0) is 6.42 Å². The maximum absolute atomic E-state index is 9.84. The number of rotatable bonds is 3. The van der Waals surface area contributed by atoms with E-state index in [2.05, 4.69) is 59.0 Å². The summed E-state index contributed by atoms with van der Waals surface area (Å²) in [6, 6.07) is 10.7. The highest BCUT2D eigenvalue weighted by atomic mass is 15.2. The number of para-hydroxylation sites is 2. The lowest BCUT2D eigenvalue weighted by Crippen LogP contribution is -2.36. The number of fused-ring (bicyclic) bond motifs is 3. The maximum Gasteiger partial charge on any atom is 0.250 e. The van der Waals surface area contributed by atoms with Gasteiger partial charge in [0.05, 0.1) is 13.1 Å². The zero-order valence-corrected chi connectivity index (χ0v) is 14.9. The second-order valence-electron chi connectivity index (χ2n) is 7.07. The van der Waals surface area contributed by atoms with E-state index in [4.69, 9.17) is 0 Å². The fourth-order valence-electron chi connectivity index (χ4n) is 4.02. The van der Waals surface area contributed by atoms with Gasteiger partial charge in [-0.2, -0.15) is 9.66 Å². The molecular weight excluding hydrogens is 308 g/mol. The smallest absolute Gasteiger partial charge is 0.250 e. The topological polar surface area (TPSA) is 46.9 Å². The molecule has 0 radical (unpaired) electrons. The minimum Gasteiger partial charge on any atom is -0.292 e. The van der Waals surface area contributed by atoms with Gasteiger partial charge in [0, 0.05) is 5.56 Å². The molecule has 3 aromatic rings. The molecule has 1 aliphatic heterocycles. The van der Waals surface area contributed by atoms with Gasteiger partial charge in [0.1, 0.15) is 22.7 Å². The first kappa shape index (κ1) is 15.7. The number of aromatic nitrogens is 2. The number of imidazole rings is 1. The highest BCUT2D eigenvalue weighted by Crippen LogP contribution is 2.31. The van der Waals surface area contributed by atoms with Crippen LogP contribution in [0.5, 0.6) is 0 Å². The molecule has 3 heterocycles. The second-order valence-corrected chi connectivity index (χ2v) is 7.07. The molecule has 0 amide bonds. The predicted molar refractivity (Wildman–Crippen MR) is 101 cm³/mol. The minimum atomic E-state index is 0.732. The van der Waals surface area contributed by atoms with Gasteiger partial charge in [-0.25, -0.2) is 0 Å². The third-order valence-corrected chi connectivity index (χ3v) is 5.16. The molecule has 0 atom stereocenters. The average Bonchev–Trinajstić information content (AvgIpc) is 3.23. The molecule has 1 saturated heterocycles. The van der Waals surface area contributed by atoms with Crippen molar-refractivity contribution in [3.8, 4) is 6.07 Å². The van der Waals surface area contributed by atoms with Crippen LogP contribution in [0.1, 0.15) is 36.5 Å². The molecule has 4 rings (SSSR count). The third kappa shape index (κ3) is 2.39. The third-order valence-electron chi connectivity index (χ3n) is 5.16. The van der Waals surface area contributed by atoms with E-state index in [9.17, 15) is 5.26 Å². The van der Waals surface area contributed by atoms with E-state index in [1.165, 1.54) is 24.2 Å². The number of anilines is 1. The molecule has 4 nitrogen and oxygen atoms in total. The molecular formula is C21H23N4+. The van der Waals surface area contributed by atoms with Crippen LogP contribution in [0.15, 0.2) is 36.4 Å². The number of hydrogen-bond acceptors (Lipinski definition) is 2. The standard InChI is InChI=1S/C21H22N4/c1-14(2)12-16-15(3)17(13-22)20-23-18-8-4-5-9-19(18)25(20)21(16)24-10-6-7-11-24/h4-5,8-9H,1,6-7,10-12H2,2-3H3/p+1. The highest BCUT2D eigenvalue weighted by molar-refractivity contribution is 5.78. The van der Waals surface area contributed by atoms with Crippen molar-refractivity contribution in [2.45, 2.75) is 33.1 Å². The molecule has 25 heavy (non-hydrogen) atoms. The van der Waals surface area contributed by atoms with E-state index < -0.39 is 0 Å². The van der Waals surface area contributed by atoms with Crippen molar-refractivity contribution in [1.29, 1.82) is 5.26 Å². The first-order chi connectivity index (χ1) is 12.1. The van der Waals surface area contributed by atoms with Crippen LogP contribution in [0.4, 0.5) is 5.82 Å². The van der Waals surface area contributed by atoms with Crippen LogP contribution in [0, 0.1) is 18.3 Å². The Morgan fingerprint density at radius 3 is 2.72 bits per heavy atom. The molecule has 126 valence electrons. The first-order valence-electron chi connectivity index (χ1n) is 8.89. The van der Waals surface area contributed by atoms with Crippen LogP contribution in [0.3, 0.4) is 0 Å². The quantitative estimate of drug-likeness (QED) is 0.586. The zero-order valence-electron chi connectivity index (χ0n) is 14.9. The van der Waals surface area contributed by atoms with E-state index in [1.807, 2.05) is 6.07 Å². The normalized spacial score (nSPS) is 14.4. The fourth-order valence-corrected chi connectivity index (χ4v) is 4.02. The Balaban J connectivity index is 2.19. The molecule has 1 aromatic carbocycles. The molecule has 1 fully saturated rings. The Morgan fingerprint density at radius 2 is 2.04 bits per heavy atom. The Labute approximate surface area is 148 Å². The number of aromatic amines is 1. The summed E-state index contributed by atoms with van der Waals surface area (Å²) in [4.78, 5) is 5.95. The molecule has 1 N–H and O–H groups in total. The summed E-state index contributed by atoms with van der Waals surface area (Å²) in [5, 5.41) is 9.84. The molecule has 0 spiro atoms. The van der Waals surface area contributed by atoms with Crippen molar-refractivity contribution in [3.63, 3.8) is 0 Å². The van der Waals surface area contributed by atoms with Gasteiger partial charge in [-0.3, -0.25) is 9.88 Å². The van der Waals surface area contributed by atoms with Crippen LogP contribution in [-0.4, -0.2) is 18.1 Å². The Kier molecular flexibility index (Phi) is 3.73. The summed E-state index contributed by atoms with van der Waals surface area (Å²) < 4.78 is 2.25. The van der Waals surface area contributed by atoms with Crippen LogP contribution in [0.2, 0.25) is 0 Å². The Hall–Kier alpha value is -2.80. The maximum atomic E-state index is 9.84. The van der Waals surface area contributed by atoms with Crippen LogP contribution < -0.4 is 9.30 Å².